The van der Waals surface area contributed by atoms with Gasteiger partial charge in [-0.2, -0.15) is 0 Å². The minimum Gasteiger partial charge on any atom is -0.277 e. The van der Waals surface area contributed by atoms with E-state index in [1.54, 1.807) is 43.5 Å². The average Bonchev–Trinajstić information content (AvgIpc) is 2.35. The number of sulfonamides is 1. The van der Waals surface area contributed by atoms with Crippen LogP contribution >= 0.6 is 31.9 Å². The first-order valence-corrected chi connectivity index (χ1v) is 8.36. The molecule has 0 bridgehead atoms. The maximum absolute atomic E-state index is 12.3. The van der Waals surface area contributed by atoms with Crippen molar-refractivity contribution in [3.8, 4) is 0 Å². The second kappa shape index (κ2) is 5.60. The number of nitrogens with zero attached hydrogens (tertiary/aromatic N) is 1. The SMILES string of the molecule is Cc1ccc(Br)cc1S(=O)(=O)Nc1cccnc1Br. The van der Waals surface area contributed by atoms with Gasteiger partial charge in [-0.3, -0.25) is 4.72 Å². The van der Waals surface area contributed by atoms with Crippen LogP contribution in [0.5, 0.6) is 0 Å². The van der Waals surface area contributed by atoms with E-state index in [0.717, 1.165) is 0 Å². The predicted molar refractivity (Wildman–Crippen MR) is 81.6 cm³/mol. The van der Waals surface area contributed by atoms with Gasteiger partial charge in [0.05, 0.1) is 10.6 Å². The molecule has 1 heterocycles. The smallest absolute Gasteiger partial charge is 0.262 e. The lowest BCUT2D eigenvalue weighted by Crippen LogP contribution is -2.14. The maximum Gasteiger partial charge on any atom is 0.262 e. The molecule has 2 rings (SSSR count). The molecule has 100 valence electrons. The molecule has 0 fully saturated rings. The lowest BCUT2D eigenvalue weighted by Gasteiger charge is -2.11. The van der Waals surface area contributed by atoms with E-state index in [-0.39, 0.29) is 4.90 Å². The van der Waals surface area contributed by atoms with E-state index >= 15 is 0 Å². The summed E-state index contributed by atoms with van der Waals surface area (Å²) in [5.74, 6) is 0. The van der Waals surface area contributed by atoms with Crippen LogP contribution in [0.15, 0.2) is 50.5 Å². The second-order valence-corrected chi connectivity index (χ2v) is 7.17. The third-order valence-electron chi connectivity index (χ3n) is 2.44. The summed E-state index contributed by atoms with van der Waals surface area (Å²) in [6.45, 7) is 1.75. The van der Waals surface area contributed by atoms with Gasteiger partial charge in [-0.1, -0.05) is 22.0 Å². The number of aromatic nitrogens is 1. The van der Waals surface area contributed by atoms with Crippen molar-refractivity contribution in [3.63, 3.8) is 0 Å². The molecule has 19 heavy (non-hydrogen) atoms. The Kier molecular flexibility index (Phi) is 4.27. The highest BCUT2D eigenvalue weighted by atomic mass is 79.9. The van der Waals surface area contributed by atoms with Crippen LogP contribution in [-0.2, 0) is 10.0 Å². The molecule has 0 amide bonds. The Labute approximate surface area is 128 Å². The average molecular weight is 406 g/mol. The van der Waals surface area contributed by atoms with Crippen LogP contribution in [0.2, 0.25) is 0 Å². The van der Waals surface area contributed by atoms with Crippen LogP contribution in [0.25, 0.3) is 0 Å². The summed E-state index contributed by atoms with van der Waals surface area (Å²) in [6, 6.07) is 8.42. The standard InChI is InChI=1S/C12H10Br2N2O2S/c1-8-4-5-9(13)7-11(8)19(17,18)16-10-3-2-6-15-12(10)14/h2-7,16H,1H3. The van der Waals surface area contributed by atoms with Gasteiger partial charge in [0.2, 0.25) is 0 Å². The number of nitrogens with one attached hydrogen (secondary N) is 1. The molecule has 0 saturated heterocycles. The summed E-state index contributed by atoms with van der Waals surface area (Å²) in [6.07, 6.45) is 1.58. The zero-order valence-electron chi connectivity index (χ0n) is 9.89. The van der Waals surface area contributed by atoms with Gasteiger partial charge in [0.25, 0.3) is 10.0 Å². The second-order valence-electron chi connectivity index (χ2n) is 3.86. The molecule has 1 N–H and O–H groups in total. The molecule has 0 radical (unpaired) electrons. The van der Waals surface area contributed by atoms with Gasteiger partial charge >= 0.3 is 0 Å². The van der Waals surface area contributed by atoms with Gasteiger partial charge in [0.15, 0.2) is 0 Å². The number of pyridine rings is 1. The molecule has 2 aromatic rings. The zero-order valence-corrected chi connectivity index (χ0v) is 13.9. The summed E-state index contributed by atoms with van der Waals surface area (Å²) in [5, 5.41) is 0. The Morgan fingerprint density at radius 3 is 2.63 bits per heavy atom. The number of hydrogen-bond acceptors (Lipinski definition) is 3. The van der Waals surface area contributed by atoms with E-state index in [4.69, 9.17) is 0 Å². The third-order valence-corrected chi connectivity index (χ3v) is 5.08. The Morgan fingerprint density at radius 1 is 1.21 bits per heavy atom. The summed E-state index contributed by atoms with van der Waals surface area (Å²) in [7, 11) is -3.64. The molecule has 0 aliphatic rings. The van der Waals surface area contributed by atoms with Gasteiger partial charge in [0.1, 0.15) is 4.60 Å². The third kappa shape index (κ3) is 3.34. The highest BCUT2D eigenvalue weighted by molar-refractivity contribution is 9.10. The molecule has 0 aliphatic heterocycles. The number of hydrogen-bond donors (Lipinski definition) is 1. The molecule has 0 atom stereocenters. The molecular weight excluding hydrogens is 396 g/mol. The van der Waals surface area contributed by atoms with Crippen LogP contribution in [0.4, 0.5) is 5.69 Å². The van der Waals surface area contributed by atoms with Crippen molar-refractivity contribution < 1.29 is 8.42 Å². The summed E-state index contributed by atoms with van der Waals surface area (Å²) >= 11 is 6.48. The quantitative estimate of drug-likeness (QED) is 0.791. The van der Waals surface area contributed by atoms with Crippen LogP contribution in [0.1, 0.15) is 5.56 Å². The van der Waals surface area contributed by atoms with Crippen LogP contribution in [0.3, 0.4) is 0 Å². The Balaban J connectivity index is 2.44. The normalized spacial score (nSPS) is 11.3. The van der Waals surface area contributed by atoms with Crippen molar-refractivity contribution >= 4 is 47.6 Å². The van der Waals surface area contributed by atoms with E-state index in [1.165, 1.54) is 0 Å². The van der Waals surface area contributed by atoms with E-state index < -0.39 is 10.0 Å². The van der Waals surface area contributed by atoms with Crippen molar-refractivity contribution in [2.45, 2.75) is 11.8 Å². The summed E-state index contributed by atoms with van der Waals surface area (Å²) in [5.41, 5.74) is 1.08. The molecule has 0 aliphatic carbocycles. The number of benzene rings is 1. The molecule has 1 aromatic carbocycles. The summed E-state index contributed by atoms with van der Waals surface area (Å²) < 4.78 is 28.4. The fourth-order valence-corrected chi connectivity index (χ4v) is 3.86. The van der Waals surface area contributed by atoms with Crippen LogP contribution in [-0.4, -0.2) is 13.4 Å². The van der Waals surface area contributed by atoms with Gasteiger partial charge in [-0.25, -0.2) is 13.4 Å². The van der Waals surface area contributed by atoms with Crippen molar-refractivity contribution in [2.75, 3.05) is 4.72 Å². The fourth-order valence-electron chi connectivity index (χ4n) is 1.53. The van der Waals surface area contributed by atoms with Crippen molar-refractivity contribution in [1.82, 2.24) is 4.98 Å². The fraction of sp³-hybridized carbons (Fsp3) is 0.0833. The monoisotopic (exact) mass is 404 g/mol. The summed E-state index contributed by atoms with van der Waals surface area (Å²) in [4.78, 5) is 4.21. The first kappa shape index (κ1) is 14.5. The lowest BCUT2D eigenvalue weighted by atomic mass is 10.2. The molecular formula is C12H10Br2N2O2S. The van der Waals surface area contributed by atoms with E-state index in [1.807, 2.05) is 0 Å². The number of rotatable bonds is 3. The largest absolute Gasteiger partial charge is 0.277 e. The molecule has 7 heteroatoms. The minimum absolute atomic E-state index is 0.234. The topological polar surface area (TPSA) is 59.1 Å². The molecule has 0 unspecified atom stereocenters. The maximum atomic E-state index is 12.3. The van der Waals surface area contributed by atoms with E-state index in [9.17, 15) is 8.42 Å². The molecule has 4 nitrogen and oxygen atoms in total. The first-order chi connectivity index (χ1) is 8.90. The Hall–Kier alpha value is -0.920. The van der Waals surface area contributed by atoms with Crippen molar-refractivity contribution in [2.24, 2.45) is 0 Å². The van der Waals surface area contributed by atoms with Gasteiger partial charge in [-0.15, -0.1) is 0 Å². The Bertz CT molecular complexity index is 717. The first-order valence-electron chi connectivity index (χ1n) is 5.29. The Morgan fingerprint density at radius 2 is 1.95 bits per heavy atom. The minimum atomic E-state index is -3.64. The van der Waals surface area contributed by atoms with Crippen molar-refractivity contribution in [3.05, 3.63) is 51.2 Å². The van der Waals surface area contributed by atoms with Gasteiger partial charge in [0, 0.05) is 10.7 Å². The zero-order chi connectivity index (χ0) is 14.0. The predicted octanol–water partition coefficient (Wildman–Crippen LogP) is 3.72. The highest BCUT2D eigenvalue weighted by Gasteiger charge is 2.18. The number of halogens is 2. The lowest BCUT2D eigenvalue weighted by molar-refractivity contribution is 0.600. The van der Waals surface area contributed by atoms with Crippen LogP contribution < -0.4 is 4.72 Å². The van der Waals surface area contributed by atoms with Crippen LogP contribution in [0, 0.1) is 6.92 Å². The van der Waals surface area contributed by atoms with Gasteiger partial charge < -0.3 is 0 Å². The molecule has 1 aromatic heterocycles. The van der Waals surface area contributed by atoms with E-state index in [2.05, 4.69) is 41.6 Å². The molecule has 0 spiro atoms. The number of anilines is 1. The number of aryl methyl sites for hydroxylation is 1. The van der Waals surface area contributed by atoms with Gasteiger partial charge in [-0.05, 0) is 52.7 Å². The van der Waals surface area contributed by atoms with E-state index in [0.29, 0.717) is 20.3 Å². The molecule has 0 saturated carbocycles. The highest BCUT2D eigenvalue weighted by Crippen LogP contribution is 2.25. The van der Waals surface area contributed by atoms with Crippen molar-refractivity contribution in [1.29, 1.82) is 0 Å².